The maximum atomic E-state index is 11.6. The highest BCUT2D eigenvalue weighted by Gasteiger charge is 2.26. The Morgan fingerprint density at radius 3 is 2.33 bits per heavy atom. The normalized spacial score (nSPS) is 12.4. The second kappa shape index (κ2) is 4.99. The first-order chi connectivity index (χ1) is 10.2. The third-order valence-electron chi connectivity index (χ3n) is 2.94. The molecule has 2 aromatic rings. The van der Waals surface area contributed by atoms with E-state index < -0.39 is 11.8 Å². The lowest BCUT2D eigenvalue weighted by Gasteiger charge is -2.06. The summed E-state index contributed by atoms with van der Waals surface area (Å²) in [7, 11) is 0. The van der Waals surface area contributed by atoms with E-state index in [0.717, 1.165) is 0 Å². The molecule has 1 heterocycles. The Morgan fingerprint density at radius 2 is 1.62 bits per heavy atom. The predicted molar refractivity (Wildman–Crippen MR) is 73.6 cm³/mol. The number of nitrogens with one attached hydrogen (secondary N) is 1. The fourth-order valence-electron chi connectivity index (χ4n) is 1.98. The Hall–Kier alpha value is -3.31. The highest BCUT2D eigenvalue weighted by atomic mass is 16.5. The van der Waals surface area contributed by atoms with Crippen molar-refractivity contribution >= 4 is 17.5 Å². The van der Waals surface area contributed by atoms with E-state index in [9.17, 15) is 9.59 Å². The summed E-state index contributed by atoms with van der Waals surface area (Å²) >= 11 is 0. The lowest BCUT2D eigenvalue weighted by molar-refractivity contribution is 0.0879. The Balaban J connectivity index is 1.86. The summed E-state index contributed by atoms with van der Waals surface area (Å²) in [6.07, 6.45) is 0. The zero-order chi connectivity index (χ0) is 14.8. The minimum Gasteiger partial charge on any atom is -0.457 e. The number of azide groups is 1. The van der Waals surface area contributed by atoms with Gasteiger partial charge < -0.3 is 4.74 Å². The first-order valence-electron chi connectivity index (χ1n) is 6.00. The van der Waals surface area contributed by atoms with Crippen LogP contribution in [0, 0.1) is 0 Å². The first kappa shape index (κ1) is 12.7. The van der Waals surface area contributed by atoms with Crippen LogP contribution in [-0.2, 0) is 0 Å². The van der Waals surface area contributed by atoms with E-state index in [-0.39, 0.29) is 0 Å². The monoisotopic (exact) mass is 280 g/mol. The maximum absolute atomic E-state index is 11.6. The number of nitrogens with zero attached hydrogens (tertiary/aromatic N) is 3. The second-order valence-corrected chi connectivity index (χ2v) is 4.28. The zero-order valence-corrected chi connectivity index (χ0v) is 10.6. The van der Waals surface area contributed by atoms with Gasteiger partial charge in [-0.25, -0.2) is 0 Å². The Bertz CT molecular complexity index is 792. The Labute approximate surface area is 118 Å². The largest absolute Gasteiger partial charge is 0.457 e. The lowest BCUT2D eigenvalue weighted by Crippen LogP contribution is -2.19. The molecule has 0 radical (unpaired) electrons. The fraction of sp³-hybridized carbons (Fsp3) is 0. The summed E-state index contributed by atoms with van der Waals surface area (Å²) in [4.78, 5) is 25.7. The van der Waals surface area contributed by atoms with Crippen LogP contribution in [0.2, 0.25) is 0 Å². The Kier molecular flexibility index (Phi) is 3.02. The van der Waals surface area contributed by atoms with E-state index in [1.807, 2.05) is 0 Å². The predicted octanol–water partition coefficient (Wildman–Crippen LogP) is 3.30. The number of amides is 2. The topological polar surface area (TPSA) is 104 Å². The molecule has 0 unspecified atom stereocenters. The molecule has 2 amide bonds. The summed E-state index contributed by atoms with van der Waals surface area (Å²) in [5.41, 5.74) is 9.43. The van der Waals surface area contributed by atoms with Crippen LogP contribution in [0.3, 0.4) is 0 Å². The summed E-state index contributed by atoms with van der Waals surface area (Å²) in [6.45, 7) is 0. The molecule has 3 rings (SSSR count). The number of imide groups is 1. The molecule has 1 N–H and O–H groups in total. The third-order valence-corrected chi connectivity index (χ3v) is 2.94. The van der Waals surface area contributed by atoms with Gasteiger partial charge >= 0.3 is 0 Å². The molecule has 0 aliphatic carbocycles. The molecule has 0 fully saturated rings. The number of hydrogen-bond acceptors (Lipinski definition) is 4. The van der Waals surface area contributed by atoms with Crippen molar-refractivity contribution in [1.29, 1.82) is 0 Å². The van der Waals surface area contributed by atoms with Crippen molar-refractivity contribution in [1.82, 2.24) is 5.32 Å². The van der Waals surface area contributed by atoms with Crippen molar-refractivity contribution in [3.63, 3.8) is 0 Å². The number of benzene rings is 2. The van der Waals surface area contributed by atoms with Gasteiger partial charge in [-0.05, 0) is 48.0 Å². The van der Waals surface area contributed by atoms with E-state index in [1.165, 1.54) is 6.07 Å². The fourth-order valence-corrected chi connectivity index (χ4v) is 1.98. The Morgan fingerprint density at radius 1 is 0.952 bits per heavy atom. The minimum atomic E-state index is -0.431. The van der Waals surface area contributed by atoms with Crippen LogP contribution < -0.4 is 10.1 Å². The van der Waals surface area contributed by atoms with E-state index in [2.05, 4.69) is 15.3 Å². The first-order valence-corrected chi connectivity index (χ1v) is 6.00. The molecule has 0 saturated heterocycles. The van der Waals surface area contributed by atoms with Gasteiger partial charge in [-0.1, -0.05) is 5.11 Å². The van der Waals surface area contributed by atoms with Crippen molar-refractivity contribution in [3.8, 4) is 11.5 Å². The minimum absolute atomic E-state index is 0.295. The van der Waals surface area contributed by atoms with Gasteiger partial charge in [0, 0.05) is 10.6 Å². The molecular formula is C14H8N4O3. The van der Waals surface area contributed by atoms with Gasteiger partial charge in [0.1, 0.15) is 11.5 Å². The summed E-state index contributed by atoms with van der Waals surface area (Å²) in [5.74, 6) is 0.131. The number of fused-ring (bicyclic) bond motifs is 1. The number of ether oxygens (including phenoxy) is 1. The van der Waals surface area contributed by atoms with Crippen LogP contribution in [0.25, 0.3) is 10.4 Å². The molecule has 1 aliphatic heterocycles. The van der Waals surface area contributed by atoms with Gasteiger partial charge in [-0.3, -0.25) is 14.9 Å². The molecule has 0 saturated carbocycles. The summed E-state index contributed by atoms with van der Waals surface area (Å²) in [6, 6.07) is 11.2. The van der Waals surface area contributed by atoms with Gasteiger partial charge in [0.2, 0.25) is 0 Å². The van der Waals surface area contributed by atoms with E-state index in [1.54, 1.807) is 36.4 Å². The average Bonchev–Trinajstić information content (AvgIpc) is 2.76. The molecule has 1 aliphatic rings. The molecule has 7 nitrogen and oxygen atoms in total. The van der Waals surface area contributed by atoms with E-state index in [0.29, 0.717) is 28.3 Å². The molecule has 0 aromatic heterocycles. The average molecular weight is 280 g/mol. The lowest BCUT2D eigenvalue weighted by atomic mass is 10.1. The van der Waals surface area contributed by atoms with E-state index in [4.69, 9.17) is 10.3 Å². The van der Waals surface area contributed by atoms with Gasteiger partial charge in [0.25, 0.3) is 11.8 Å². The van der Waals surface area contributed by atoms with Crippen LogP contribution in [0.15, 0.2) is 47.6 Å². The summed E-state index contributed by atoms with van der Waals surface area (Å²) < 4.78 is 5.59. The molecule has 0 atom stereocenters. The van der Waals surface area contributed by atoms with Crippen LogP contribution >= 0.6 is 0 Å². The number of hydrogen-bond donors (Lipinski definition) is 1. The standard InChI is InChI=1S/C14H8N4O3/c15-18-17-8-1-3-9(4-2-8)21-10-5-6-11-12(7-10)14(20)16-13(11)19/h1-7H,(H,16,19,20). The van der Waals surface area contributed by atoms with Crippen LogP contribution in [0.5, 0.6) is 11.5 Å². The van der Waals surface area contributed by atoms with E-state index >= 15 is 0 Å². The quantitative estimate of drug-likeness (QED) is 0.403. The number of carbonyl (C=O) groups is 2. The van der Waals surface area contributed by atoms with Gasteiger partial charge in [-0.15, -0.1) is 0 Å². The smallest absolute Gasteiger partial charge is 0.259 e. The van der Waals surface area contributed by atoms with Crippen LogP contribution in [0.4, 0.5) is 5.69 Å². The van der Waals surface area contributed by atoms with Gasteiger partial charge in [-0.2, -0.15) is 0 Å². The maximum Gasteiger partial charge on any atom is 0.259 e. The molecule has 2 aromatic carbocycles. The molecule has 0 spiro atoms. The molecule has 7 heteroatoms. The van der Waals surface area contributed by atoms with Crippen molar-refractivity contribution in [2.45, 2.75) is 0 Å². The SMILES string of the molecule is [N-]=[N+]=Nc1ccc(Oc2ccc3c(c2)C(=O)NC3=O)cc1. The van der Waals surface area contributed by atoms with Crippen molar-refractivity contribution < 1.29 is 14.3 Å². The second-order valence-electron chi connectivity index (χ2n) is 4.28. The highest BCUT2D eigenvalue weighted by molar-refractivity contribution is 6.21. The summed E-state index contributed by atoms with van der Waals surface area (Å²) in [5, 5.41) is 5.67. The molecular weight excluding hydrogens is 272 g/mol. The van der Waals surface area contributed by atoms with Crippen molar-refractivity contribution in [2.75, 3.05) is 0 Å². The molecule has 21 heavy (non-hydrogen) atoms. The van der Waals surface area contributed by atoms with Crippen LogP contribution in [0.1, 0.15) is 20.7 Å². The van der Waals surface area contributed by atoms with Gasteiger partial charge in [0.15, 0.2) is 0 Å². The zero-order valence-electron chi connectivity index (χ0n) is 10.6. The van der Waals surface area contributed by atoms with Gasteiger partial charge in [0.05, 0.1) is 11.1 Å². The third kappa shape index (κ3) is 2.41. The number of rotatable bonds is 3. The molecule has 0 bridgehead atoms. The number of carbonyl (C=O) groups excluding carboxylic acids is 2. The van der Waals surface area contributed by atoms with Crippen LogP contribution in [-0.4, -0.2) is 11.8 Å². The van der Waals surface area contributed by atoms with Crippen molar-refractivity contribution in [3.05, 3.63) is 64.0 Å². The molecule has 102 valence electrons. The highest BCUT2D eigenvalue weighted by Crippen LogP contribution is 2.27. The van der Waals surface area contributed by atoms with Crippen molar-refractivity contribution in [2.24, 2.45) is 5.11 Å².